The Morgan fingerprint density at radius 3 is 3.06 bits per heavy atom. The van der Waals surface area contributed by atoms with Gasteiger partial charge in [-0.2, -0.15) is 0 Å². The monoisotopic (exact) mass is 238 g/mol. The molecule has 0 unspecified atom stereocenters. The molecule has 1 aliphatic carbocycles. The number of fused-ring (bicyclic) bond motifs is 1. The fourth-order valence-electron chi connectivity index (χ4n) is 1.32. The van der Waals surface area contributed by atoms with Crippen molar-refractivity contribution in [3.8, 4) is 10.4 Å². The number of aliphatic hydroxyl groups excluding tert-OH is 1. The van der Waals surface area contributed by atoms with E-state index >= 15 is 0 Å². The van der Waals surface area contributed by atoms with Crippen molar-refractivity contribution < 1.29 is 15.0 Å². The third-order valence-electron chi connectivity index (χ3n) is 2.14. The van der Waals surface area contributed by atoms with E-state index in [2.05, 4.69) is 9.37 Å². The first kappa shape index (κ1) is 10.8. The summed E-state index contributed by atoms with van der Waals surface area (Å²) < 4.78 is 2.99. The third kappa shape index (κ3) is 2.12. The summed E-state index contributed by atoms with van der Waals surface area (Å²) in [5.74, 6) is -1.12. The Bertz CT molecular complexity index is 531. The van der Waals surface area contributed by atoms with Gasteiger partial charge in [-0.15, -0.1) is 0 Å². The molecule has 16 heavy (non-hydrogen) atoms. The fraction of sp³-hybridized carbons (Fsp3) is 0.200. The minimum absolute atomic E-state index is 0.496. The van der Waals surface area contributed by atoms with Crippen LogP contribution in [0.1, 0.15) is 0 Å². The standard InChI is InChI=1S/C10H10N2O3S/c13-5-8(10(14)15)12-7-2-1-6-4-11-16-9(6)3-7/h1-4,8,11,13H,5H2,(H,14,15)/t8-/m0/s1. The number of hydrogen-bond acceptors (Lipinski definition) is 4. The highest BCUT2D eigenvalue weighted by Crippen LogP contribution is 2.22. The van der Waals surface area contributed by atoms with E-state index in [1.165, 1.54) is 11.5 Å². The van der Waals surface area contributed by atoms with Gasteiger partial charge < -0.3 is 14.6 Å². The normalized spacial score (nSPS) is 14.2. The van der Waals surface area contributed by atoms with Gasteiger partial charge in [0, 0.05) is 11.8 Å². The summed E-state index contributed by atoms with van der Waals surface area (Å²) in [6, 6.07) is 4.29. The molecule has 0 spiro atoms. The van der Waals surface area contributed by atoms with Crippen molar-refractivity contribution in [2.75, 3.05) is 6.61 Å². The zero-order chi connectivity index (χ0) is 11.5. The maximum atomic E-state index is 10.7. The molecular formula is C10H10N2O3S. The quantitative estimate of drug-likeness (QED) is 0.729. The highest BCUT2D eigenvalue weighted by Gasteiger charge is 2.13. The molecule has 0 aromatic rings. The summed E-state index contributed by atoms with van der Waals surface area (Å²) in [5.41, 5.74) is 1.06. The largest absolute Gasteiger partial charge is 0.480 e. The first-order valence-corrected chi connectivity index (χ1v) is 5.46. The first-order valence-electron chi connectivity index (χ1n) is 4.65. The second kappa shape index (κ2) is 4.46. The Kier molecular flexibility index (Phi) is 3.02. The van der Waals surface area contributed by atoms with E-state index in [1.807, 2.05) is 12.3 Å². The van der Waals surface area contributed by atoms with Crippen molar-refractivity contribution in [1.29, 1.82) is 0 Å². The van der Waals surface area contributed by atoms with Crippen molar-refractivity contribution in [3.05, 3.63) is 29.8 Å². The maximum absolute atomic E-state index is 10.7. The molecule has 84 valence electrons. The van der Waals surface area contributed by atoms with Crippen LogP contribution in [0.4, 0.5) is 0 Å². The molecule has 2 aliphatic rings. The lowest BCUT2D eigenvalue weighted by Gasteiger charge is -2.02. The zero-order valence-corrected chi connectivity index (χ0v) is 9.07. The van der Waals surface area contributed by atoms with Crippen molar-refractivity contribution in [1.82, 2.24) is 4.37 Å². The number of nitrogens with zero attached hydrogens (tertiary/aromatic N) is 1. The number of benzene rings is 1. The summed E-state index contributed by atoms with van der Waals surface area (Å²) in [6.07, 6.45) is 1.87. The van der Waals surface area contributed by atoms with Crippen LogP contribution in [0.25, 0.3) is 10.4 Å². The third-order valence-corrected chi connectivity index (χ3v) is 2.95. The first-order chi connectivity index (χ1) is 7.70. The molecule has 0 aromatic heterocycles. The Balaban J connectivity index is 2.43. The molecule has 0 aromatic carbocycles. The van der Waals surface area contributed by atoms with E-state index in [0.29, 0.717) is 5.36 Å². The van der Waals surface area contributed by atoms with Crippen molar-refractivity contribution >= 4 is 17.5 Å². The van der Waals surface area contributed by atoms with E-state index in [1.54, 1.807) is 12.1 Å². The van der Waals surface area contributed by atoms with E-state index in [-0.39, 0.29) is 0 Å². The lowest BCUT2D eigenvalue weighted by Crippen LogP contribution is -2.24. The summed E-state index contributed by atoms with van der Waals surface area (Å²) >= 11 is 1.45. The van der Waals surface area contributed by atoms with Crippen LogP contribution in [-0.4, -0.2) is 33.2 Å². The predicted octanol–water partition coefficient (Wildman–Crippen LogP) is 0.527. The maximum Gasteiger partial charge on any atom is 0.330 e. The number of carbonyl (C=O) groups is 1. The lowest BCUT2D eigenvalue weighted by atomic mass is 10.2. The molecular weight excluding hydrogens is 228 g/mol. The highest BCUT2D eigenvalue weighted by atomic mass is 32.1. The van der Waals surface area contributed by atoms with Crippen LogP contribution < -0.4 is 5.36 Å². The van der Waals surface area contributed by atoms with Crippen LogP contribution in [0.15, 0.2) is 29.4 Å². The van der Waals surface area contributed by atoms with Crippen LogP contribution >= 0.6 is 11.5 Å². The number of aliphatic carboxylic acids is 1. The molecule has 2 rings (SSSR count). The number of hydrogen-bond donors (Lipinski definition) is 3. The molecule has 1 atom stereocenters. The number of aliphatic hydroxyl groups is 1. The lowest BCUT2D eigenvalue weighted by molar-refractivity contribution is -0.139. The van der Waals surface area contributed by atoms with Crippen LogP contribution in [0.5, 0.6) is 0 Å². The van der Waals surface area contributed by atoms with Crippen molar-refractivity contribution in [2.45, 2.75) is 6.04 Å². The second-order valence-corrected chi connectivity index (χ2v) is 4.13. The highest BCUT2D eigenvalue weighted by molar-refractivity contribution is 7.09. The van der Waals surface area contributed by atoms with Gasteiger partial charge in [0.15, 0.2) is 6.04 Å². The molecule has 6 heteroatoms. The number of nitrogens with one attached hydrogen (secondary N) is 1. The van der Waals surface area contributed by atoms with Gasteiger partial charge in [-0.1, -0.05) is 11.5 Å². The molecule has 0 bridgehead atoms. The molecule has 0 saturated heterocycles. The number of aromatic amines is 1. The van der Waals surface area contributed by atoms with Gasteiger partial charge in [0.1, 0.15) is 0 Å². The number of carboxylic acid groups (broad SMARTS) is 1. The summed E-state index contributed by atoms with van der Waals surface area (Å²) in [5, 5.41) is 18.2. The molecule has 1 aliphatic heterocycles. The second-order valence-electron chi connectivity index (χ2n) is 3.25. The average molecular weight is 238 g/mol. The number of carboxylic acids is 1. The van der Waals surface area contributed by atoms with Crippen LogP contribution in [0.3, 0.4) is 0 Å². The van der Waals surface area contributed by atoms with Crippen LogP contribution in [0, 0.1) is 0 Å². The number of aromatic nitrogens is 1. The summed E-state index contributed by atoms with van der Waals surface area (Å²) in [6.45, 7) is -0.496. The van der Waals surface area contributed by atoms with E-state index in [9.17, 15) is 4.79 Å². The van der Waals surface area contributed by atoms with Crippen molar-refractivity contribution in [3.63, 3.8) is 0 Å². The van der Waals surface area contributed by atoms with Gasteiger partial charge in [-0.05, 0) is 18.2 Å². The minimum Gasteiger partial charge on any atom is -0.480 e. The zero-order valence-electron chi connectivity index (χ0n) is 8.25. The van der Waals surface area contributed by atoms with E-state index in [0.717, 1.165) is 10.4 Å². The van der Waals surface area contributed by atoms with Gasteiger partial charge in [0.25, 0.3) is 0 Å². The number of H-pyrrole nitrogens is 1. The molecule has 0 radical (unpaired) electrons. The van der Waals surface area contributed by atoms with Crippen LogP contribution in [-0.2, 0) is 4.79 Å². The van der Waals surface area contributed by atoms with E-state index < -0.39 is 18.6 Å². The molecule has 1 heterocycles. The summed E-state index contributed by atoms with van der Waals surface area (Å²) in [7, 11) is 0. The Morgan fingerprint density at radius 1 is 1.56 bits per heavy atom. The molecule has 0 amide bonds. The molecule has 3 N–H and O–H groups in total. The predicted molar refractivity (Wildman–Crippen MR) is 59.4 cm³/mol. The molecule has 0 fully saturated rings. The Hall–Kier alpha value is -1.66. The average Bonchev–Trinajstić information content (AvgIpc) is 2.72. The van der Waals surface area contributed by atoms with Gasteiger partial charge in [0.05, 0.1) is 16.8 Å². The molecule has 5 nitrogen and oxygen atoms in total. The van der Waals surface area contributed by atoms with Gasteiger partial charge >= 0.3 is 5.97 Å². The molecule has 0 saturated carbocycles. The Labute approximate surface area is 95.2 Å². The van der Waals surface area contributed by atoms with Crippen LogP contribution in [0.2, 0.25) is 0 Å². The Morgan fingerprint density at radius 2 is 2.38 bits per heavy atom. The topological polar surface area (TPSA) is 85.7 Å². The fourth-order valence-corrected chi connectivity index (χ4v) is 2.06. The van der Waals surface area contributed by atoms with Gasteiger partial charge in [0.2, 0.25) is 0 Å². The van der Waals surface area contributed by atoms with Crippen molar-refractivity contribution in [2.24, 2.45) is 4.99 Å². The smallest absolute Gasteiger partial charge is 0.330 e. The van der Waals surface area contributed by atoms with E-state index in [4.69, 9.17) is 10.2 Å². The minimum atomic E-state index is -1.12. The SMILES string of the molecule is O=C(O)[C@H](CO)N=c1ccc2c[nH]sc-2c1. The van der Waals surface area contributed by atoms with Gasteiger partial charge in [-0.25, -0.2) is 4.79 Å². The van der Waals surface area contributed by atoms with Gasteiger partial charge in [-0.3, -0.25) is 4.99 Å². The number of rotatable bonds is 3. The summed E-state index contributed by atoms with van der Waals surface area (Å²) in [4.78, 5) is 15.6.